The normalized spacial score (nSPS) is 18.8. The first kappa shape index (κ1) is 43.5. The fourth-order valence-corrected chi connectivity index (χ4v) is 7.36. The van der Waals surface area contributed by atoms with Gasteiger partial charge in [0.2, 0.25) is 23.7 Å². The van der Waals surface area contributed by atoms with Crippen LogP contribution in [0.15, 0.2) is 54.0 Å². The number of aliphatic hydroxyl groups is 1. The lowest BCUT2D eigenvalue weighted by atomic mass is 10.1. The number of fused-ring (bicyclic) bond motifs is 1. The Labute approximate surface area is 332 Å². The number of carbonyl (C=O) groups is 3. The maximum absolute atomic E-state index is 13.5. The summed E-state index contributed by atoms with van der Waals surface area (Å²) < 4.78 is 29.9. The Morgan fingerprint density at radius 2 is 1.91 bits per heavy atom. The topological polar surface area (TPSA) is 291 Å². The number of nitrogens with zero attached hydrogens (tertiary/aromatic N) is 4. The second-order valence-electron chi connectivity index (χ2n) is 13.4. The minimum absolute atomic E-state index is 0.0476. The standard InChI is InChI=1S/C35H49N10O10PS/c1-57-14-11-24(42-33(49)25(16-23-18-37-20-39-23)41-28(47)15-22-9-5-4-6-10-22)32(48)38-12-7-2-3-8-13-53-56(51,52)54-19-27-26(46)17-29(55-27)45-21-40-30-31(45)43-35(36)44-34(30)50/h4-6,9-10,18,20-21,24-27,29,46H,2-3,7-8,11-17,19H2,1H3,(H,37,39)(H,38,48)(H,41,47)(H,42,49)(H,51,52)(H3,36,43,44,50)/t24?,25?,26-,27+,29+/m0/s1. The van der Waals surface area contributed by atoms with Crippen molar-refractivity contribution in [2.75, 3.05) is 37.5 Å². The van der Waals surface area contributed by atoms with E-state index in [4.69, 9.17) is 19.5 Å². The SMILES string of the molecule is CSCCC(NC(=O)C(Cc1cnc[nH]1)NC(=O)Cc1ccccc1)C(=O)NCCCCCCOP(=O)(O)OC[C@H]1O[C@@H](n2cnc3c(=O)[nH]c(N)nc32)C[C@@H]1O. The van der Waals surface area contributed by atoms with Gasteiger partial charge in [-0.1, -0.05) is 43.2 Å². The monoisotopic (exact) mass is 832 g/mol. The molecule has 9 N–H and O–H groups in total. The molecule has 3 unspecified atom stereocenters. The molecule has 3 aromatic heterocycles. The summed E-state index contributed by atoms with van der Waals surface area (Å²) in [7, 11) is -4.46. The molecule has 310 valence electrons. The number of phosphoric acid groups is 1. The van der Waals surface area contributed by atoms with E-state index in [9.17, 15) is 33.7 Å². The van der Waals surface area contributed by atoms with Crippen LogP contribution in [0, 0.1) is 0 Å². The average molecular weight is 833 g/mol. The predicted octanol–water partition coefficient (Wildman–Crippen LogP) is 1.09. The number of unbranched alkanes of at least 4 members (excludes halogenated alkanes) is 3. The quantitative estimate of drug-likeness (QED) is 0.0384. The van der Waals surface area contributed by atoms with Gasteiger partial charge in [-0.25, -0.2) is 14.5 Å². The summed E-state index contributed by atoms with van der Waals surface area (Å²) >= 11 is 1.54. The minimum Gasteiger partial charge on any atom is -0.390 e. The minimum atomic E-state index is -4.46. The Morgan fingerprint density at radius 3 is 2.67 bits per heavy atom. The molecule has 1 saturated heterocycles. The summed E-state index contributed by atoms with van der Waals surface area (Å²) in [6.45, 7) is -0.151. The molecule has 22 heteroatoms. The molecule has 3 amide bonds. The predicted molar refractivity (Wildman–Crippen MR) is 210 cm³/mol. The highest BCUT2D eigenvalue weighted by molar-refractivity contribution is 7.98. The first-order chi connectivity index (χ1) is 27.4. The van der Waals surface area contributed by atoms with Crippen molar-refractivity contribution < 1.29 is 42.7 Å². The number of nitrogens with two attached hydrogens (primary N) is 1. The number of aliphatic hydroxyl groups excluding tert-OH is 1. The molecule has 0 radical (unpaired) electrons. The van der Waals surface area contributed by atoms with Crippen molar-refractivity contribution in [2.24, 2.45) is 0 Å². The van der Waals surface area contributed by atoms with E-state index in [1.165, 1.54) is 17.2 Å². The number of rotatable bonds is 23. The second kappa shape index (κ2) is 21.2. The number of thioether (sulfide) groups is 1. The van der Waals surface area contributed by atoms with Crippen LogP contribution in [0.3, 0.4) is 0 Å². The maximum atomic E-state index is 13.5. The molecule has 0 saturated carbocycles. The fourth-order valence-electron chi connectivity index (χ4n) is 6.12. The van der Waals surface area contributed by atoms with Crippen LogP contribution in [0.25, 0.3) is 11.2 Å². The highest BCUT2D eigenvalue weighted by atomic mass is 32.2. The number of nitrogen functional groups attached to an aromatic ring is 1. The Hall–Kier alpha value is -4.63. The molecule has 1 aliphatic rings. The number of H-pyrrole nitrogens is 2. The zero-order valence-electron chi connectivity index (χ0n) is 31.4. The van der Waals surface area contributed by atoms with E-state index in [0.29, 0.717) is 50.1 Å². The Bertz CT molecular complexity index is 2020. The largest absolute Gasteiger partial charge is 0.472 e. The summed E-state index contributed by atoms with van der Waals surface area (Å²) in [5, 5.41) is 19.0. The number of hydrogen-bond acceptors (Lipinski definition) is 14. The van der Waals surface area contributed by atoms with Crippen LogP contribution >= 0.6 is 19.6 Å². The van der Waals surface area contributed by atoms with Gasteiger partial charge in [0.25, 0.3) is 5.56 Å². The lowest BCUT2D eigenvalue weighted by molar-refractivity contribution is -0.132. The summed E-state index contributed by atoms with van der Waals surface area (Å²) in [6, 6.07) is 7.42. The van der Waals surface area contributed by atoms with E-state index in [0.717, 1.165) is 5.56 Å². The number of carbonyl (C=O) groups excluding carboxylic acids is 3. The lowest BCUT2D eigenvalue weighted by Crippen LogP contribution is -2.54. The van der Waals surface area contributed by atoms with Crippen molar-refractivity contribution in [2.45, 2.75) is 81.9 Å². The molecule has 5 rings (SSSR count). The van der Waals surface area contributed by atoms with Gasteiger partial charge in [-0.3, -0.25) is 37.8 Å². The number of nitrogens with one attached hydrogen (secondary N) is 5. The van der Waals surface area contributed by atoms with E-state index >= 15 is 0 Å². The molecule has 4 aromatic rings. The zero-order valence-corrected chi connectivity index (χ0v) is 33.1. The van der Waals surface area contributed by atoms with E-state index in [1.54, 1.807) is 18.0 Å². The van der Waals surface area contributed by atoms with Gasteiger partial charge >= 0.3 is 7.82 Å². The van der Waals surface area contributed by atoms with Gasteiger partial charge in [0.1, 0.15) is 24.4 Å². The van der Waals surface area contributed by atoms with E-state index in [-0.39, 0.29) is 54.8 Å². The van der Waals surface area contributed by atoms with Crippen LogP contribution in [0.1, 0.15) is 56.0 Å². The summed E-state index contributed by atoms with van der Waals surface area (Å²) in [5.74, 6) is -0.643. The Balaban J connectivity index is 0.993. The van der Waals surface area contributed by atoms with Crippen LogP contribution in [0.4, 0.5) is 5.95 Å². The van der Waals surface area contributed by atoms with Crippen LogP contribution in [0.2, 0.25) is 0 Å². The molecule has 0 bridgehead atoms. The van der Waals surface area contributed by atoms with E-state index < -0.39 is 56.4 Å². The van der Waals surface area contributed by atoms with Crippen molar-refractivity contribution in [1.82, 2.24) is 45.4 Å². The molecule has 0 spiro atoms. The van der Waals surface area contributed by atoms with Crippen LogP contribution in [-0.2, 0) is 45.6 Å². The summed E-state index contributed by atoms with van der Waals surface area (Å²) in [4.78, 5) is 79.2. The van der Waals surface area contributed by atoms with Crippen LogP contribution in [0.5, 0.6) is 0 Å². The van der Waals surface area contributed by atoms with Gasteiger partial charge in [-0.15, -0.1) is 0 Å². The number of hydrogen-bond donors (Lipinski definition) is 8. The molecular weight excluding hydrogens is 783 g/mol. The lowest BCUT2D eigenvalue weighted by Gasteiger charge is -2.23. The molecule has 1 aliphatic heterocycles. The molecular formula is C35H49N10O10PS. The highest BCUT2D eigenvalue weighted by Crippen LogP contribution is 2.44. The highest BCUT2D eigenvalue weighted by Gasteiger charge is 2.38. The molecule has 1 fully saturated rings. The molecule has 0 aliphatic carbocycles. The molecule has 4 heterocycles. The summed E-state index contributed by atoms with van der Waals surface area (Å²) in [5.41, 5.74) is 6.79. The number of aromatic nitrogens is 6. The third-order valence-corrected chi connectivity index (χ3v) is 10.7. The maximum Gasteiger partial charge on any atom is 0.472 e. The van der Waals surface area contributed by atoms with E-state index in [1.807, 2.05) is 36.6 Å². The zero-order chi connectivity index (χ0) is 40.8. The van der Waals surface area contributed by atoms with Gasteiger partial charge in [-0.2, -0.15) is 16.7 Å². The van der Waals surface area contributed by atoms with Gasteiger partial charge in [0, 0.05) is 31.3 Å². The van der Waals surface area contributed by atoms with Gasteiger partial charge in [0.15, 0.2) is 11.2 Å². The van der Waals surface area contributed by atoms with Crippen molar-refractivity contribution in [3.63, 3.8) is 0 Å². The van der Waals surface area contributed by atoms with Crippen LogP contribution < -0.4 is 27.2 Å². The first-order valence-corrected chi connectivity index (χ1v) is 21.4. The molecule has 57 heavy (non-hydrogen) atoms. The van der Waals surface area contributed by atoms with Gasteiger partial charge in [-0.05, 0) is 36.8 Å². The average Bonchev–Trinajstić information content (AvgIpc) is 3.94. The summed E-state index contributed by atoms with van der Waals surface area (Å²) in [6.07, 6.45) is 6.61. The molecule has 1 aromatic carbocycles. The number of anilines is 1. The van der Waals surface area contributed by atoms with E-state index in [2.05, 4.69) is 40.9 Å². The van der Waals surface area contributed by atoms with Gasteiger partial charge in [0.05, 0.1) is 38.4 Å². The number of imidazole rings is 2. The fraction of sp³-hybridized carbons (Fsp3) is 0.514. The number of phosphoric ester groups is 1. The third-order valence-electron chi connectivity index (χ3n) is 9.07. The smallest absolute Gasteiger partial charge is 0.390 e. The van der Waals surface area contributed by atoms with Crippen molar-refractivity contribution in [3.8, 4) is 0 Å². The van der Waals surface area contributed by atoms with Crippen molar-refractivity contribution in [3.05, 3.63) is 70.8 Å². The first-order valence-electron chi connectivity index (χ1n) is 18.5. The van der Waals surface area contributed by atoms with Crippen LogP contribution in [-0.4, -0.2) is 113 Å². The number of ether oxygens (including phenoxy) is 1. The molecule has 20 nitrogen and oxygen atoms in total. The second-order valence-corrected chi connectivity index (χ2v) is 15.9. The third kappa shape index (κ3) is 13.2. The van der Waals surface area contributed by atoms with Crippen molar-refractivity contribution >= 4 is 54.4 Å². The number of benzene rings is 1. The number of amides is 3. The van der Waals surface area contributed by atoms with Gasteiger partial charge < -0.3 is 41.4 Å². The van der Waals surface area contributed by atoms with Crippen molar-refractivity contribution in [1.29, 1.82) is 0 Å². The number of aromatic amines is 2. The Morgan fingerprint density at radius 1 is 1.12 bits per heavy atom. The molecule has 6 atom stereocenters. The Kier molecular flexibility index (Phi) is 16.2.